The van der Waals surface area contributed by atoms with Crippen molar-refractivity contribution in [2.24, 2.45) is 5.84 Å². The lowest BCUT2D eigenvalue weighted by molar-refractivity contribution is 0.295. The number of aromatic nitrogens is 2. The van der Waals surface area contributed by atoms with E-state index < -0.39 is 0 Å². The van der Waals surface area contributed by atoms with Gasteiger partial charge in [-0.3, -0.25) is 0 Å². The Hall–Kier alpha value is -2.21. The third-order valence-electron chi connectivity index (χ3n) is 2.55. The maximum atomic E-state index is 13.1. The van der Waals surface area contributed by atoms with E-state index >= 15 is 0 Å². The zero-order valence-electron chi connectivity index (χ0n) is 10.8. The van der Waals surface area contributed by atoms with E-state index in [-0.39, 0.29) is 12.4 Å². The molecule has 0 bridgehead atoms. The lowest BCUT2D eigenvalue weighted by atomic mass is 10.2. The number of nitrogens with zero attached hydrogens (tertiary/aromatic N) is 2. The number of halogens is 1. The van der Waals surface area contributed by atoms with E-state index in [9.17, 15) is 4.39 Å². The fraction of sp³-hybridized carbons (Fsp3) is 0.231. The van der Waals surface area contributed by atoms with Gasteiger partial charge in [0.1, 0.15) is 24.0 Å². The third-order valence-corrected chi connectivity index (χ3v) is 2.55. The Morgan fingerprint density at radius 1 is 1.26 bits per heavy atom. The number of hydrazine groups is 1. The number of aryl methyl sites for hydroxylation is 2. The van der Waals surface area contributed by atoms with Crippen LogP contribution in [0.3, 0.4) is 0 Å². The Labute approximate surface area is 110 Å². The van der Waals surface area contributed by atoms with Gasteiger partial charge in [0, 0.05) is 11.8 Å². The van der Waals surface area contributed by atoms with Crippen molar-refractivity contribution in [1.29, 1.82) is 0 Å². The molecule has 0 fully saturated rings. The van der Waals surface area contributed by atoms with Crippen LogP contribution in [-0.2, 0) is 6.61 Å². The maximum absolute atomic E-state index is 13.1. The lowest BCUT2D eigenvalue weighted by Gasteiger charge is -2.08. The Bertz CT molecular complexity index is 589. The molecule has 0 saturated heterocycles. The number of anilines is 1. The van der Waals surface area contributed by atoms with Crippen LogP contribution in [0.2, 0.25) is 0 Å². The molecule has 6 heteroatoms. The number of rotatable bonds is 4. The second-order valence-corrected chi connectivity index (χ2v) is 4.15. The van der Waals surface area contributed by atoms with Gasteiger partial charge in [0.15, 0.2) is 5.82 Å². The fourth-order valence-corrected chi connectivity index (χ4v) is 1.62. The largest absolute Gasteiger partial charge is 0.486 e. The average molecular weight is 262 g/mol. The average Bonchev–Trinajstić information content (AvgIpc) is 2.39. The van der Waals surface area contributed by atoms with Crippen molar-refractivity contribution in [1.82, 2.24) is 9.97 Å². The molecule has 0 aliphatic heterocycles. The number of nitrogens with two attached hydrogens (primary N) is 1. The molecular formula is C13H15FN4O. The quantitative estimate of drug-likeness (QED) is 0.652. The van der Waals surface area contributed by atoms with Crippen molar-refractivity contribution in [3.8, 4) is 5.75 Å². The lowest BCUT2D eigenvalue weighted by Crippen LogP contribution is -2.12. The Balaban J connectivity index is 2.09. The summed E-state index contributed by atoms with van der Waals surface area (Å²) in [5.74, 6) is 6.67. The highest BCUT2D eigenvalue weighted by Crippen LogP contribution is 2.17. The topological polar surface area (TPSA) is 73.1 Å². The van der Waals surface area contributed by atoms with E-state index in [0.29, 0.717) is 23.0 Å². The number of ether oxygens (including phenoxy) is 1. The Morgan fingerprint density at radius 3 is 2.74 bits per heavy atom. The summed E-state index contributed by atoms with van der Waals surface area (Å²) in [6.45, 7) is 3.72. The van der Waals surface area contributed by atoms with Crippen LogP contribution in [0.1, 0.15) is 17.1 Å². The molecule has 0 atom stereocenters. The predicted molar refractivity (Wildman–Crippen MR) is 70.0 cm³/mol. The van der Waals surface area contributed by atoms with E-state index in [1.54, 1.807) is 25.1 Å². The van der Waals surface area contributed by atoms with Crippen molar-refractivity contribution in [3.63, 3.8) is 0 Å². The SMILES string of the molecule is Cc1cc(NN)nc(COc2ccc(F)c(C)c2)n1. The Kier molecular flexibility index (Phi) is 3.91. The van der Waals surface area contributed by atoms with Gasteiger partial charge in [-0.2, -0.15) is 0 Å². The third kappa shape index (κ3) is 3.38. The van der Waals surface area contributed by atoms with Gasteiger partial charge in [-0.05, 0) is 37.6 Å². The normalized spacial score (nSPS) is 10.3. The summed E-state index contributed by atoms with van der Waals surface area (Å²) in [6.07, 6.45) is 0. The molecular weight excluding hydrogens is 247 g/mol. The summed E-state index contributed by atoms with van der Waals surface area (Å²) in [5.41, 5.74) is 3.79. The molecule has 0 aliphatic rings. The first kappa shape index (κ1) is 13.2. The minimum atomic E-state index is -0.256. The summed E-state index contributed by atoms with van der Waals surface area (Å²) in [6, 6.07) is 6.30. The van der Waals surface area contributed by atoms with E-state index in [1.165, 1.54) is 6.07 Å². The van der Waals surface area contributed by atoms with E-state index in [4.69, 9.17) is 10.6 Å². The van der Waals surface area contributed by atoms with Crippen LogP contribution in [0.5, 0.6) is 5.75 Å². The van der Waals surface area contributed by atoms with E-state index in [2.05, 4.69) is 15.4 Å². The highest BCUT2D eigenvalue weighted by molar-refractivity contribution is 5.34. The van der Waals surface area contributed by atoms with Crippen LogP contribution < -0.4 is 16.0 Å². The van der Waals surface area contributed by atoms with Crippen molar-refractivity contribution < 1.29 is 9.13 Å². The molecule has 0 unspecified atom stereocenters. The smallest absolute Gasteiger partial charge is 0.168 e. The predicted octanol–water partition coefficient (Wildman–Crippen LogP) is 2.10. The van der Waals surface area contributed by atoms with E-state index in [1.807, 2.05) is 6.92 Å². The number of benzene rings is 1. The molecule has 1 aromatic carbocycles. The second kappa shape index (κ2) is 5.62. The van der Waals surface area contributed by atoms with Crippen molar-refractivity contribution in [2.75, 3.05) is 5.43 Å². The van der Waals surface area contributed by atoms with Crippen LogP contribution in [0.25, 0.3) is 0 Å². The molecule has 0 amide bonds. The van der Waals surface area contributed by atoms with Crippen LogP contribution in [0.15, 0.2) is 24.3 Å². The molecule has 100 valence electrons. The standard InChI is InChI=1S/C13H15FN4O/c1-8-5-10(3-4-11(8)14)19-7-13-16-9(2)6-12(17-13)18-15/h3-6H,7,15H2,1-2H3,(H,16,17,18). The van der Waals surface area contributed by atoms with Crippen LogP contribution in [0, 0.1) is 19.7 Å². The molecule has 3 N–H and O–H groups in total. The van der Waals surface area contributed by atoms with Crippen molar-refractivity contribution >= 4 is 5.82 Å². The summed E-state index contributed by atoms with van der Waals surface area (Å²) < 4.78 is 18.6. The van der Waals surface area contributed by atoms with Gasteiger partial charge in [0.25, 0.3) is 0 Å². The highest BCUT2D eigenvalue weighted by atomic mass is 19.1. The summed E-state index contributed by atoms with van der Waals surface area (Å²) in [4.78, 5) is 8.39. The summed E-state index contributed by atoms with van der Waals surface area (Å²) in [5, 5.41) is 0. The number of nitrogens with one attached hydrogen (secondary N) is 1. The zero-order valence-corrected chi connectivity index (χ0v) is 10.8. The molecule has 1 aromatic heterocycles. The minimum Gasteiger partial charge on any atom is -0.486 e. The Morgan fingerprint density at radius 2 is 2.05 bits per heavy atom. The van der Waals surface area contributed by atoms with Crippen molar-refractivity contribution in [3.05, 3.63) is 47.2 Å². The fourth-order valence-electron chi connectivity index (χ4n) is 1.62. The van der Waals surface area contributed by atoms with Gasteiger partial charge in [-0.15, -0.1) is 0 Å². The van der Waals surface area contributed by atoms with Crippen LogP contribution in [-0.4, -0.2) is 9.97 Å². The first-order valence-electron chi connectivity index (χ1n) is 5.78. The van der Waals surface area contributed by atoms with Gasteiger partial charge in [0.2, 0.25) is 0 Å². The summed E-state index contributed by atoms with van der Waals surface area (Å²) in [7, 11) is 0. The molecule has 1 heterocycles. The first-order chi connectivity index (χ1) is 9.08. The molecule has 0 spiro atoms. The van der Waals surface area contributed by atoms with Crippen LogP contribution in [0.4, 0.5) is 10.2 Å². The molecule has 0 saturated carbocycles. The molecule has 5 nitrogen and oxygen atoms in total. The number of hydrogen-bond acceptors (Lipinski definition) is 5. The van der Waals surface area contributed by atoms with Gasteiger partial charge >= 0.3 is 0 Å². The number of nitrogen functional groups attached to an aromatic ring is 1. The van der Waals surface area contributed by atoms with Gasteiger partial charge in [0.05, 0.1) is 0 Å². The number of hydrogen-bond donors (Lipinski definition) is 2. The molecule has 19 heavy (non-hydrogen) atoms. The molecule has 0 aliphatic carbocycles. The second-order valence-electron chi connectivity index (χ2n) is 4.15. The highest BCUT2D eigenvalue weighted by Gasteiger charge is 2.04. The van der Waals surface area contributed by atoms with Crippen molar-refractivity contribution in [2.45, 2.75) is 20.5 Å². The van der Waals surface area contributed by atoms with Gasteiger partial charge in [-0.1, -0.05) is 0 Å². The van der Waals surface area contributed by atoms with Gasteiger partial charge < -0.3 is 10.2 Å². The minimum absolute atomic E-state index is 0.196. The summed E-state index contributed by atoms with van der Waals surface area (Å²) >= 11 is 0. The monoisotopic (exact) mass is 262 g/mol. The zero-order chi connectivity index (χ0) is 13.8. The maximum Gasteiger partial charge on any atom is 0.168 e. The van der Waals surface area contributed by atoms with Gasteiger partial charge in [-0.25, -0.2) is 20.2 Å². The molecule has 0 radical (unpaired) electrons. The molecule has 2 rings (SSSR count). The molecule has 2 aromatic rings. The first-order valence-corrected chi connectivity index (χ1v) is 5.78. The van der Waals surface area contributed by atoms with E-state index in [0.717, 1.165) is 5.69 Å². The van der Waals surface area contributed by atoms with Crippen LogP contribution >= 0.6 is 0 Å².